The molecule has 0 aromatic carbocycles. The van der Waals surface area contributed by atoms with E-state index in [4.69, 9.17) is 4.74 Å². The maximum absolute atomic E-state index is 11.9. The Morgan fingerprint density at radius 3 is 2.96 bits per heavy atom. The average Bonchev–Trinajstić information content (AvgIpc) is 2.45. The quantitative estimate of drug-likeness (QED) is 0.670. The largest absolute Gasteiger partial charge is 0.444 e. The number of nitrogens with zero attached hydrogens (tertiary/aromatic N) is 3. The average molecular weight is 336 g/mol. The molecule has 0 unspecified atom stereocenters. The third kappa shape index (κ3) is 5.45. The summed E-state index contributed by atoms with van der Waals surface area (Å²) in [6.07, 6.45) is 4.19. The van der Waals surface area contributed by atoms with E-state index < -0.39 is 16.6 Å². The summed E-state index contributed by atoms with van der Waals surface area (Å²) in [5.74, 6) is 0. The topological polar surface area (TPSA) is 97.6 Å². The molecule has 0 bridgehead atoms. The molecular weight excluding hydrogens is 312 g/mol. The van der Waals surface area contributed by atoms with Gasteiger partial charge in [0.1, 0.15) is 11.8 Å². The number of hydrogen-bond acceptors (Lipinski definition) is 6. The molecule has 1 aliphatic heterocycles. The molecule has 0 aliphatic carbocycles. The van der Waals surface area contributed by atoms with Gasteiger partial charge in [0.05, 0.1) is 4.92 Å². The predicted octanol–water partition coefficient (Wildman–Crippen LogP) is 2.48. The van der Waals surface area contributed by atoms with Gasteiger partial charge < -0.3 is 10.1 Å². The minimum absolute atomic E-state index is 0.0190. The van der Waals surface area contributed by atoms with Crippen LogP contribution in [0.5, 0.6) is 0 Å². The molecule has 1 saturated heterocycles. The Bertz CT molecular complexity index is 600. The fourth-order valence-corrected chi connectivity index (χ4v) is 2.75. The highest BCUT2D eigenvalue weighted by Gasteiger charge is 2.25. The second-order valence-corrected chi connectivity index (χ2v) is 6.98. The Morgan fingerprint density at radius 1 is 1.54 bits per heavy atom. The van der Waals surface area contributed by atoms with Crippen LogP contribution in [0.25, 0.3) is 0 Å². The first-order chi connectivity index (χ1) is 11.2. The summed E-state index contributed by atoms with van der Waals surface area (Å²) in [5.41, 5.74) is 0.128. The highest BCUT2D eigenvalue weighted by Crippen LogP contribution is 2.21. The van der Waals surface area contributed by atoms with E-state index in [-0.39, 0.29) is 11.7 Å². The molecule has 8 nitrogen and oxygen atoms in total. The van der Waals surface area contributed by atoms with Crippen molar-refractivity contribution < 1.29 is 14.5 Å². The number of likely N-dealkylation sites (tertiary alicyclic amines) is 1. The molecule has 24 heavy (non-hydrogen) atoms. The van der Waals surface area contributed by atoms with E-state index in [9.17, 15) is 14.9 Å². The van der Waals surface area contributed by atoms with E-state index in [1.165, 1.54) is 6.20 Å². The Labute approximate surface area is 141 Å². The van der Waals surface area contributed by atoms with Gasteiger partial charge in [-0.1, -0.05) is 0 Å². The number of carbonyl (C=O) groups is 1. The number of pyridine rings is 1. The molecule has 0 spiro atoms. The van der Waals surface area contributed by atoms with Gasteiger partial charge in [0.2, 0.25) is 0 Å². The highest BCUT2D eigenvalue weighted by atomic mass is 16.6. The minimum atomic E-state index is -0.532. The molecule has 1 fully saturated rings. The maximum atomic E-state index is 11.9. The Hall–Kier alpha value is -2.22. The molecule has 1 N–H and O–H groups in total. The van der Waals surface area contributed by atoms with Crippen LogP contribution in [0.1, 0.15) is 39.2 Å². The summed E-state index contributed by atoms with van der Waals surface area (Å²) >= 11 is 0. The summed E-state index contributed by atoms with van der Waals surface area (Å²) in [6.45, 7) is 7.41. The Kier molecular flexibility index (Phi) is 5.71. The van der Waals surface area contributed by atoms with Gasteiger partial charge in [0, 0.05) is 30.9 Å². The van der Waals surface area contributed by atoms with E-state index in [0.717, 1.165) is 19.4 Å². The lowest BCUT2D eigenvalue weighted by molar-refractivity contribution is -0.386. The number of aromatic nitrogens is 1. The van der Waals surface area contributed by atoms with Gasteiger partial charge in [-0.05, 0) is 46.2 Å². The summed E-state index contributed by atoms with van der Waals surface area (Å²) < 4.78 is 5.28. The summed E-state index contributed by atoms with van der Waals surface area (Å²) in [6, 6.07) is 1.65. The van der Waals surface area contributed by atoms with Crippen LogP contribution in [-0.2, 0) is 11.3 Å². The first kappa shape index (κ1) is 18.1. The zero-order valence-electron chi connectivity index (χ0n) is 14.3. The molecule has 2 rings (SSSR count). The van der Waals surface area contributed by atoms with Crippen LogP contribution in [0, 0.1) is 10.1 Å². The lowest BCUT2D eigenvalue weighted by atomic mass is 10.0. The van der Waals surface area contributed by atoms with Crippen molar-refractivity contribution >= 4 is 11.8 Å². The molecule has 0 saturated carbocycles. The van der Waals surface area contributed by atoms with Crippen LogP contribution in [0.3, 0.4) is 0 Å². The lowest BCUT2D eigenvalue weighted by Gasteiger charge is -2.33. The first-order valence-electron chi connectivity index (χ1n) is 8.04. The third-order valence-corrected chi connectivity index (χ3v) is 3.70. The zero-order chi connectivity index (χ0) is 17.7. The van der Waals surface area contributed by atoms with Crippen LogP contribution in [-0.4, -0.2) is 45.6 Å². The number of alkyl carbamates (subject to hydrolysis) is 1. The monoisotopic (exact) mass is 336 g/mol. The van der Waals surface area contributed by atoms with Crippen LogP contribution in [0.4, 0.5) is 10.5 Å². The molecule has 8 heteroatoms. The number of ether oxygens (including phenoxy) is 1. The molecule has 1 amide bonds. The van der Waals surface area contributed by atoms with Gasteiger partial charge in [-0.2, -0.15) is 0 Å². The van der Waals surface area contributed by atoms with E-state index >= 15 is 0 Å². The number of nitro groups is 1. The van der Waals surface area contributed by atoms with E-state index in [1.807, 2.05) is 20.8 Å². The van der Waals surface area contributed by atoms with Gasteiger partial charge in [-0.15, -0.1) is 0 Å². The molecule has 1 atom stereocenters. The lowest BCUT2D eigenvalue weighted by Crippen LogP contribution is -2.48. The number of piperidine rings is 1. The molecular formula is C16H24N4O4. The smallest absolute Gasteiger partial charge is 0.407 e. The van der Waals surface area contributed by atoms with Crippen molar-refractivity contribution in [2.45, 2.75) is 51.8 Å². The van der Waals surface area contributed by atoms with Crippen molar-refractivity contribution in [3.63, 3.8) is 0 Å². The fourth-order valence-electron chi connectivity index (χ4n) is 2.75. The third-order valence-electron chi connectivity index (χ3n) is 3.70. The zero-order valence-corrected chi connectivity index (χ0v) is 14.3. The molecule has 0 radical (unpaired) electrons. The SMILES string of the molecule is CC(C)(C)OC(=O)N[C@@H]1CCCN(Cc2ccncc2[N+](=O)[O-])C1. The maximum Gasteiger partial charge on any atom is 0.407 e. The normalized spacial score (nSPS) is 18.9. The second-order valence-electron chi connectivity index (χ2n) is 6.98. The number of nitrogens with one attached hydrogen (secondary N) is 1. The Morgan fingerprint density at radius 2 is 2.29 bits per heavy atom. The molecule has 1 aromatic heterocycles. The van der Waals surface area contributed by atoms with Crippen LogP contribution >= 0.6 is 0 Å². The van der Waals surface area contributed by atoms with Gasteiger partial charge in [0.25, 0.3) is 5.69 Å². The Balaban J connectivity index is 1.94. The second kappa shape index (κ2) is 7.57. The van der Waals surface area contributed by atoms with Gasteiger partial charge in [-0.3, -0.25) is 20.0 Å². The van der Waals surface area contributed by atoms with Crippen molar-refractivity contribution in [3.8, 4) is 0 Å². The van der Waals surface area contributed by atoms with Gasteiger partial charge >= 0.3 is 6.09 Å². The number of hydrogen-bond donors (Lipinski definition) is 1. The van der Waals surface area contributed by atoms with Crippen LogP contribution in [0.2, 0.25) is 0 Å². The van der Waals surface area contributed by atoms with E-state index in [2.05, 4.69) is 15.2 Å². The molecule has 1 aromatic rings. The van der Waals surface area contributed by atoms with Crippen LogP contribution < -0.4 is 5.32 Å². The van der Waals surface area contributed by atoms with Crippen LogP contribution in [0.15, 0.2) is 18.5 Å². The molecule has 132 valence electrons. The van der Waals surface area contributed by atoms with Crippen molar-refractivity contribution in [1.82, 2.24) is 15.2 Å². The fraction of sp³-hybridized carbons (Fsp3) is 0.625. The first-order valence-corrected chi connectivity index (χ1v) is 8.04. The minimum Gasteiger partial charge on any atom is -0.444 e. The van der Waals surface area contributed by atoms with Crippen molar-refractivity contribution in [1.29, 1.82) is 0 Å². The van der Waals surface area contributed by atoms with E-state index in [1.54, 1.807) is 12.3 Å². The van der Waals surface area contributed by atoms with Crippen molar-refractivity contribution in [2.75, 3.05) is 13.1 Å². The standard InChI is InChI=1S/C16H24N4O4/c1-16(2,3)24-15(21)18-13-5-4-8-19(11-13)10-12-6-7-17-9-14(12)20(22)23/h6-7,9,13H,4-5,8,10-11H2,1-3H3,(H,18,21)/t13-/m1/s1. The van der Waals surface area contributed by atoms with Gasteiger partial charge in [0.15, 0.2) is 0 Å². The number of amides is 1. The number of carbonyl (C=O) groups excluding carboxylic acids is 1. The summed E-state index contributed by atoms with van der Waals surface area (Å²) in [7, 11) is 0. The summed E-state index contributed by atoms with van der Waals surface area (Å²) in [5, 5.41) is 14.0. The number of rotatable bonds is 4. The highest BCUT2D eigenvalue weighted by molar-refractivity contribution is 5.68. The molecule has 1 aliphatic rings. The van der Waals surface area contributed by atoms with E-state index in [0.29, 0.717) is 18.7 Å². The molecule has 2 heterocycles. The summed E-state index contributed by atoms with van der Waals surface area (Å²) in [4.78, 5) is 28.5. The van der Waals surface area contributed by atoms with Crippen molar-refractivity contribution in [2.24, 2.45) is 0 Å². The van der Waals surface area contributed by atoms with Crippen molar-refractivity contribution in [3.05, 3.63) is 34.1 Å². The van der Waals surface area contributed by atoms with Gasteiger partial charge in [-0.25, -0.2) is 4.79 Å². The predicted molar refractivity (Wildman–Crippen MR) is 88.6 cm³/mol.